The molecule has 0 aliphatic carbocycles. The van der Waals surface area contributed by atoms with Gasteiger partial charge in [0.2, 0.25) is 17.6 Å². The second-order valence-electron chi connectivity index (χ2n) is 5.81. The summed E-state index contributed by atoms with van der Waals surface area (Å²) in [6.07, 6.45) is 0.575. The van der Waals surface area contributed by atoms with Gasteiger partial charge in [-0.05, 0) is 27.2 Å². The zero-order valence-corrected chi connectivity index (χ0v) is 13.7. The van der Waals surface area contributed by atoms with Crippen molar-refractivity contribution in [2.45, 2.75) is 52.2 Å². The molecule has 0 aliphatic rings. The highest BCUT2D eigenvalue weighted by Crippen LogP contribution is 2.10. The summed E-state index contributed by atoms with van der Waals surface area (Å²) >= 11 is 0. The molecule has 0 spiro atoms. The quantitative estimate of drug-likeness (QED) is 0.270. The summed E-state index contributed by atoms with van der Waals surface area (Å²) in [5.41, 5.74) is 7.52. The van der Waals surface area contributed by atoms with Gasteiger partial charge >= 0.3 is 12.2 Å². The van der Waals surface area contributed by atoms with Gasteiger partial charge in [-0.25, -0.2) is 4.79 Å². The van der Waals surface area contributed by atoms with Crippen LogP contribution in [0.4, 0.5) is 0 Å². The minimum atomic E-state index is -1.05. The van der Waals surface area contributed by atoms with Gasteiger partial charge in [-0.2, -0.15) is 4.79 Å². The van der Waals surface area contributed by atoms with Gasteiger partial charge in [-0.15, -0.1) is 0 Å². The number of ether oxygens (including phenoxy) is 1. The number of carbonyl (C=O) groups excluding carboxylic acids is 4. The maximum atomic E-state index is 12.1. The van der Waals surface area contributed by atoms with Crippen molar-refractivity contribution >= 4 is 29.8 Å². The Balaban J connectivity index is 4.81. The normalized spacial score (nSPS) is 11.7. The van der Waals surface area contributed by atoms with Crippen LogP contribution in [0.25, 0.3) is 5.53 Å². The van der Waals surface area contributed by atoms with Crippen LogP contribution in [0, 0.1) is 0 Å². The van der Waals surface area contributed by atoms with E-state index in [0.29, 0.717) is 6.21 Å². The van der Waals surface area contributed by atoms with E-state index in [9.17, 15) is 19.2 Å². The number of hydrogen-bond acceptors (Lipinski definition) is 5. The largest absolute Gasteiger partial charge is 0.458 e. The van der Waals surface area contributed by atoms with Gasteiger partial charge in [0, 0.05) is 13.3 Å². The van der Waals surface area contributed by atoms with Gasteiger partial charge in [-0.1, -0.05) is 0 Å². The fraction of sp³-hybridized carbons (Fsp3) is 0.643. The molecular formula is C14H22N4O5. The first kappa shape index (κ1) is 20.5. The van der Waals surface area contributed by atoms with E-state index in [2.05, 4.69) is 15.4 Å². The van der Waals surface area contributed by atoms with Crippen LogP contribution < -0.4 is 10.6 Å². The van der Waals surface area contributed by atoms with Gasteiger partial charge in [0.15, 0.2) is 0 Å². The summed E-state index contributed by atoms with van der Waals surface area (Å²) in [5.74, 6) is -2.16. The Morgan fingerprint density at radius 1 is 1.26 bits per heavy atom. The lowest BCUT2D eigenvalue weighted by Gasteiger charge is -2.24. The Labute approximate surface area is 134 Å². The van der Waals surface area contributed by atoms with Crippen molar-refractivity contribution in [3.8, 4) is 0 Å². The molecule has 0 saturated heterocycles. The molecule has 0 aromatic rings. The van der Waals surface area contributed by atoms with Gasteiger partial charge in [0.05, 0.1) is 6.54 Å². The zero-order valence-electron chi connectivity index (χ0n) is 13.7. The van der Waals surface area contributed by atoms with Gasteiger partial charge in [0.1, 0.15) is 11.6 Å². The predicted molar refractivity (Wildman–Crippen MR) is 80.4 cm³/mol. The molecule has 2 amide bonds. The van der Waals surface area contributed by atoms with E-state index in [1.807, 2.05) is 0 Å². The second kappa shape index (κ2) is 9.47. The Hall–Kier alpha value is -2.54. The molecule has 23 heavy (non-hydrogen) atoms. The lowest BCUT2D eigenvalue weighted by atomic mass is 10.1. The van der Waals surface area contributed by atoms with Crippen LogP contribution in [0.3, 0.4) is 0 Å². The number of nitrogens with one attached hydrogen (secondary N) is 2. The highest BCUT2D eigenvalue weighted by atomic mass is 16.6. The molecular weight excluding hydrogens is 304 g/mol. The van der Waals surface area contributed by atoms with E-state index < -0.39 is 29.3 Å². The predicted octanol–water partition coefficient (Wildman–Crippen LogP) is -0.401. The van der Waals surface area contributed by atoms with E-state index in [1.54, 1.807) is 20.8 Å². The minimum absolute atomic E-state index is 0.0222. The first-order valence-corrected chi connectivity index (χ1v) is 7.02. The lowest BCUT2D eigenvalue weighted by Crippen LogP contribution is -2.47. The molecule has 0 unspecified atom stereocenters. The smallest absolute Gasteiger partial charge is 0.329 e. The summed E-state index contributed by atoms with van der Waals surface area (Å²) in [4.78, 5) is 48.5. The molecule has 0 rings (SSSR count). The van der Waals surface area contributed by atoms with Crippen molar-refractivity contribution in [2.24, 2.45) is 0 Å². The molecule has 0 aromatic carbocycles. The Kier molecular flexibility index (Phi) is 8.43. The maximum Gasteiger partial charge on any atom is 0.329 e. The van der Waals surface area contributed by atoms with Crippen molar-refractivity contribution in [3.05, 3.63) is 5.53 Å². The van der Waals surface area contributed by atoms with Crippen LogP contribution in [0.15, 0.2) is 0 Å². The Morgan fingerprint density at radius 3 is 2.35 bits per heavy atom. The number of carbonyl (C=O) groups is 4. The zero-order chi connectivity index (χ0) is 18.0. The fourth-order valence-corrected chi connectivity index (χ4v) is 1.49. The van der Waals surface area contributed by atoms with Crippen molar-refractivity contribution in [2.75, 3.05) is 6.54 Å². The van der Waals surface area contributed by atoms with Crippen LogP contribution >= 0.6 is 0 Å². The summed E-state index contributed by atoms with van der Waals surface area (Å²) in [5, 5.41) is 4.70. The number of rotatable bonds is 8. The standard InChI is InChI=1S/C14H22N4O5/c1-9(19)16-8-12(21)18-11(6-5-10(20)7-17-15)13(22)23-14(2,3)4/h7,11H,5-6,8H2,1-4H3,(H,16,19)(H,18,21)/t11-/m0/s1. The molecule has 2 N–H and O–H groups in total. The highest BCUT2D eigenvalue weighted by molar-refractivity contribution is 6.25. The van der Waals surface area contributed by atoms with E-state index in [-0.39, 0.29) is 25.3 Å². The van der Waals surface area contributed by atoms with Crippen LogP contribution in [0.5, 0.6) is 0 Å². The molecule has 0 fully saturated rings. The number of nitrogens with zero attached hydrogens (tertiary/aromatic N) is 2. The molecule has 9 nitrogen and oxygen atoms in total. The first-order valence-electron chi connectivity index (χ1n) is 7.02. The lowest BCUT2D eigenvalue weighted by molar-refractivity contribution is -0.158. The third-order valence-electron chi connectivity index (χ3n) is 2.41. The fourth-order valence-electron chi connectivity index (χ4n) is 1.49. The van der Waals surface area contributed by atoms with Crippen LogP contribution in [0.1, 0.15) is 40.5 Å². The van der Waals surface area contributed by atoms with Gasteiger partial charge in [0.25, 0.3) is 0 Å². The van der Waals surface area contributed by atoms with E-state index in [1.165, 1.54) is 6.92 Å². The average molecular weight is 326 g/mol. The number of hydrogen-bond donors (Lipinski definition) is 2. The van der Waals surface area contributed by atoms with Gasteiger partial charge in [-0.3, -0.25) is 14.4 Å². The molecule has 0 heterocycles. The summed E-state index contributed by atoms with van der Waals surface area (Å²) in [6, 6.07) is -1.05. The number of amides is 2. The van der Waals surface area contributed by atoms with Crippen LogP contribution in [-0.2, 0) is 23.9 Å². The maximum absolute atomic E-state index is 12.1. The Bertz CT molecular complexity index is 518. The minimum Gasteiger partial charge on any atom is -0.458 e. The van der Waals surface area contributed by atoms with Gasteiger partial charge < -0.3 is 20.9 Å². The van der Waals surface area contributed by atoms with E-state index in [0.717, 1.165) is 0 Å². The van der Waals surface area contributed by atoms with E-state index in [4.69, 9.17) is 10.3 Å². The summed E-state index contributed by atoms with van der Waals surface area (Å²) in [6.45, 7) is 5.98. The monoisotopic (exact) mass is 326 g/mol. The summed E-state index contributed by atoms with van der Waals surface area (Å²) in [7, 11) is 0. The molecule has 0 radical (unpaired) electrons. The number of ketones is 1. The molecule has 0 bridgehead atoms. The van der Waals surface area contributed by atoms with Crippen LogP contribution in [0.2, 0.25) is 0 Å². The molecule has 128 valence electrons. The van der Waals surface area contributed by atoms with Crippen molar-refractivity contribution < 1.29 is 28.7 Å². The first-order chi connectivity index (χ1) is 10.5. The van der Waals surface area contributed by atoms with E-state index >= 15 is 0 Å². The molecule has 1 atom stereocenters. The third-order valence-corrected chi connectivity index (χ3v) is 2.41. The third kappa shape index (κ3) is 10.8. The number of Topliss-reactive ketones (excluding diaryl/α,β-unsaturated/α-hetero) is 1. The number of esters is 1. The SMILES string of the molecule is CC(=O)NCC(=O)N[C@@H](CCC(=O)C=[N+]=[N-])C(=O)OC(C)(C)C. The average Bonchev–Trinajstić information content (AvgIpc) is 2.39. The molecule has 9 heteroatoms. The topological polar surface area (TPSA) is 138 Å². The second-order valence-corrected chi connectivity index (χ2v) is 5.81. The van der Waals surface area contributed by atoms with Crippen molar-refractivity contribution in [1.82, 2.24) is 10.6 Å². The Morgan fingerprint density at radius 2 is 1.87 bits per heavy atom. The van der Waals surface area contributed by atoms with Crippen molar-refractivity contribution in [1.29, 1.82) is 0 Å². The molecule has 0 aliphatic heterocycles. The van der Waals surface area contributed by atoms with Crippen LogP contribution in [-0.4, -0.2) is 52.8 Å². The molecule has 0 aromatic heterocycles. The van der Waals surface area contributed by atoms with Crippen molar-refractivity contribution in [3.63, 3.8) is 0 Å². The summed E-state index contributed by atoms with van der Waals surface area (Å²) < 4.78 is 5.18. The molecule has 0 saturated carbocycles. The highest BCUT2D eigenvalue weighted by Gasteiger charge is 2.27.